The monoisotopic (exact) mass is 301 g/mol. The number of thiocarbonyl (C=S) groups is 1. The van der Waals surface area contributed by atoms with Crippen LogP contribution < -0.4 is 10.1 Å². The van der Waals surface area contributed by atoms with E-state index in [9.17, 15) is 4.79 Å². The average molecular weight is 301 g/mol. The smallest absolute Gasteiger partial charge is 0.263 e. The van der Waals surface area contributed by atoms with E-state index in [1.54, 1.807) is 7.11 Å². The highest BCUT2D eigenvalue weighted by atomic mass is 32.2. The lowest BCUT2D eigenvalue weighted by Gasteiger charge is -2.09. The SMILES string of the molecule is COc1ccc2ccccc2c1/C=C1\SC(=S)NC1=O. The standard InChI is InChI=1S/C15H11NO2S2/c1-18-12-7-6-9-4-2-3-5-10(9)11(12)8-13-14(17)16-15(19)20-13/h2-8H,1H3,(H,16,17,19)/b13-8-. The van der Waals surface area contributed by atoms with E-state index in [0.717, 1.165) is 22.1 Å². The topological polar surface area (TPSA) is 38.3 Å². The first-order valence-electron chi connectivity index (χ1n) is 5.99. The summed E-state index contributed by atoms with van der Waals surface area (Å²) in [7, 11) is 1.62. The van der Waals surface area contributed by atoms with Crippen molar-refractivity contribution in [1.29, 1.82) is 0 Å². The lowest BCUT2D eigenvalue weighted by atomic mass is 10.0. The molecule has 20 heavy (non-hydrogen) atoms. The third-order valence-electron chi connectivity index (χ3n) is 3.07. The molecule has 1 saturated heterocycles. The molecule has 1 N–H and O–H groups in total. The van der Waals surface area contributed by atoms with E-state index in [1.165, 1.54) is 11.8 Å². The van der Waals surface area contributed by atoms with Gasteiger partial charge in [-0.2, -0.15) is 0 Å². The van der Waals surface area contributed by atoms with Gasteiger partial charge in [-0.05, 0) is 22.9 Å². The maximum atomic E-state index is 11.8. The molecule has 5 heteroatoms. The number of benzene rings is 2. The van der Waals surface area contributed by atoms with Crippen LogP contribution in [0, 0.1) is 0 Å². The van der Waals surface area contributed by atoms with Crippen molar-refractivity contribution in [3.8, 4) is 5.75 Å². The Bertz CT molecular complexity index is 753. The van der Waals surface area contributed by atoms with Crippen molar-refractivity contribution in [3.05, 3.63) is 46.9 Å². The highest BCUT2D eigenvalue weighted by molar-refractivity contribution is 8.26. The largest absolute Gasteiger partial charge is 0.496 e. The molecule has 0 aromatic heterocycles. The number of thioether (sulfide) groups is 1. The second kappa shape index (κ2) is 5.26. The number of hydrogen-bond acceptors (Lipinski definition) is 4. The molecule has 1 aliphatic rings. The van der Waals surface area contributed by atoms with Crippen molar-refractivity contribution in [3.63, 3.8) is 0 Å². The molecule has 1 amide bonds. The number of nitrogens with one attached hydrogen (secondary N) is 1. The zero-order valence-electron chi connectivity index (χ0n) is 10.7. The van der Waals surface area contributed by atoms with Gasteiger partial charge in [0.1, 0.15) is 10.1 Å². The Labute approximate surface area is 126 Å². The number of fused-ring (bicyclic) bond motifs is 1. The molecule has 2 aromatic rings. The molecule has 0 saturated carbocycles. The zero-order chi connectivity index (χ0) is 14.1. The lowest BCUT2D eigenvalue weighted by molar-refractivity contribution is -0.115. The first-order valence-corrected chi connectivity index (χ1v) is 7.22. The fourth-order valence-corrected chi connectivity index (χ4v) is 3.18. The van der Waals surface area contributed by atoms with Gasteiger partial charge in [-0.25, -0.2) is 0 Å². The fourth-order valence-electron chi connectivity index (χ4n) is 2.15. The molecule has 0 spiro atoms. The van der Waals surface area contributed by atoms with Crippen molar-refractivity contribution < 1.29 is 9.53 Å². The molecular formula is C15H11NO2S2. The number of ether oxygens (including phenoxy) is 1. The Morgan fingerprint density at radius 1 is 1.25 bits per heavy atom. The second-order valence-corrected chi connectivity index (χ2v) is 5.97. The van der Waals surface area contributed by atoms with Crippen LogP contribution in [-0.4, -0.2) is 17.3 Å². The summed E-state index contributed by atoms with van der Waals surface area (Å²) in [6.45, 7) is 0. The lowest BCUT2D eigenvalue weighted by Crippen LogP contribution is -2.17. The van der Waals surface area contributed by atoms with Crippen LogP contribution in [0.25, 0.3) is 16.8 Å². The molecule has 2 aromatic carbocycles. The van der Waals surface area contributed by atoms with E-state index in [2.05, 4.69) is 5.32 Å². The predicted molar refractivity (Wildman–Crippen MR) is 86.8 cm³/mol. The van der Waals surface area contributed by atoms with Gasteiger partial charge >= 0.3 is 0 Å². The number of methoxy groups -OCH3 is 1. The quantitative estimate of drug-likeness (QED) is 0.682. The van der Waals surface area contributed by atoms with Crippen LogP contribution in [0.3, 0.4) is 0 Å². The molecule has 3 rings (SSSR count). The summed E-state index contributed by atoms with van der Waals surface area (Å²) in [5.74, 6) is 0.581. The van der Waals surface area contributed by atoms with Gasteiger partial charge in [0.2, 0.25) is 0 Å². The minimum atomic E-state index is -0.157. The van der Waals surface area contributed by atoms with E-state index in [0.29, 0.717) is 9.23 Å². The molecule has 0 unspecified atom stereocenters. The van der Waals surface area contributed by atoms with Crippen molar-refractivity contribution in [1.82, 2.24) is 5.32 Å². The summed E-state index contributed by atoms with van der Waals surface area (Å²) in [6.07, 6.45) is 1.83. The maximum absolute atomic E-state index is 11.8. The Morgan fingerprint density at radius 2 is 2.05 bits per heavy atom. The Balaban J connectivity index is 2.21. The highest BCUT2D eigenvalue weighted by Crippen LogP contribution is 2.33. The molecule has 1 fully saturated rings. The Kier molecular flexibility index (Phi) is 3.46. The molecule has 3 nitrogen and oxygen atoms in total. The van der Waals surface area contributed by atoms with Gasteiger partial charge in [-0.3, -0.25) is 4.79 Å². The van der Waals surface area contributed by atoms with Gasteiger partial charge in [0.25, 0.3) is 5.91 Å². The minimum absolute atomic E-state index is 0.157. The van der Waals surface area contributed by atoms with Crippen molar-refractivity contribution in [2.24, 2.45) is 0 Å². The molecule has 0 radical (unpaired) electrons. The maximum Gasteiger partial charge on any atom is 0.263 e. The van der Waals surface area contributed by atoms with Crippen molar-refractivity contribution in [2.75, 3.05) is 7.11 Å². The van der Waals surface area contributed by atoms with Crippen LogP contribution in [0.1, 0.15) is 5.56 Å². The fraction of sp³-hybridized carbons (Fsp3) is 0.0667. The molecule has 1 aliphatic heterocycles. The summed E-state index contributed by atoms with van der Waals surface area (Å²) in [6, 6.07) is 11.9. The predicted octanol–water partition coefficient (Wildman–Crippen LogP) is 3.34. The van der Waals surface area contributed by atoms with Crippen LogP contribution in [0.4, 0.5) is 0 Å². The molecule has 0 aliphatic carbocycles. The minimum Gasteiger partial charge on any atom is -0.496 e. The summed E-state index contributed by atoms with van der Waals surface area (Å²) in [4.78, 5) is 12.4. The zero-order valence-corrected chi connectivity index (χ0v) is 12.3. The summed E-state index contributed by atoms with van der Waals surface area (Å²) < 4.78 is 5.89. The van der Waals surface area contributed by atoms with E-state index in [-0.39, 0.29) is 5.91 Å². The van der Waals surface area contributed by atoms with Crippen molar-refractivity contribution >= 4 is 51.1 Å². The second-order valence-electron chi connectivity index (χ2n) is 4.25. The van der Waals surface area contributed by atoms with E-state index >= 15 is 0 Å². The number of amides is 1. The van der Waals surface area contributed by atoms with Gasteiger partial charge in [0, 0.05) is 5.56 Å². The first kappa shape index (κ1) is 13.1. The van der Waals surface area contributed by atoms with Crippen LogP contribution in [0.2, 0.25) is 0 Å². The van der Waals surface area contributed by atoms with Crippen LogP contribution in [-0.2, 0) is 4.79 Å². The summed E-state index contributed by atoms with van der Waals surface area (Å²) in [5, 5.41) is 4.77. The third kappa shape index (κ3) is 2.30. The number of rotatable bonds is 2. The van der Waals surface area contributed by atoms with Gasteiger partial charge in [0.05, 0.1) is 12.0 Å². The highest BCUT2D eigenvalue weighted by Gasteiger charge is 2.23. The van der Waals surface area contributed by atoms with Crippen LogP contribution in [0.15, 0.2) is 41.3 Å². The Morgan fingerprint density at radius 3 is 2.75 bits per heavy atom. The summed E-state index contributed by atoms with van der Waals surface area (Å²) in [5.41, 5.74) is 0.896. The molecular weight excluding hydrogens is 290 g/mol. The number of carbonyl (C=O) groups is 1. The number of carbonyl (C=O) groups excluding carboxylic acids is 1. The third-order valence-corrected chi connectivity index (χ3v) is 4.23. The van der Waals surface area contributed by atoms with Crippen LogP contribution >= 0.6 is 24.0 Å². The van der Waals surface area contributed by atoms with E-state index in [1.807, 2.05) is 42.5 Å². The average Bonchev–Trinajstić information content (AvgIpc) is 2.77. The molecule has 0 atom stereocenters. The molecule has 0 bridgehead atoms. The number of hydrogen-bond donors (Lipinski definition) is 1. The van der Waals surface area contributed by atoms with Gasteiger partial charge in [0.15, 0.2) is 0 Å². The van der Waals surface area contributed by atoms with Crippen LogP contribution in [0.5, 0.6) is 5.75 Å². The molecule has 100 valence electrons. The van der Waals surface area contributed by atoms with E-state index in [4.69, 9.17) is 17.0 Å². The molecule has 1 heterocycles. The first-order chi connectivity index (χ1) is 9.69. The summed E-state index contributed by atoms with van der Waals surface area (Å²) >= 11 is 6.28. The van der Waals surface area contributed by atoms with Gasteiger partial charge < -0.3 is 10.1 Å². The normalized spacial score (nSPS) is 16.8. The van der Waals surface area contributed by atoms with Crippen molar-refractivity contribution in [2.45, 2.75) is 0 Å². The van der Waals surface area contributed by atoms with E-state index < -0.39 is 0 Å². The Hall–Kier alpha value is -1.85. The van der Waals surface area contributed by atoms with Gasteiger partial charge in [-0.1, -0.05) is 54.3 Å². The van der Waals surface area contributed by atoms with Gasteiger partial charge in [-0.15, -0.1) is 0 Å².